The van der Waals surface area contributed by atoms with Gasteiger partial charge in [-0.15, -0.1) is 0 Å². The van der Waals surface area contributed by atoms with Crippen molar-refractivity contribution in [2.24, 2.45) is 0 Å². The van der Waals surface area contributed by atoms with Gasteiger partial charge in [0, 0.05) is 44.5 Å². The summed E-state index contributed by atoms with van der Waals surface area (Å²) in [6.45, 7) is 3.78. The number of anilines is 1. The summed E-state index contributed by atoms with van der Waals surface area (Å²) in [4.78, 5) is 17.5. The minimum atomic E-state index is -3.76. The number of carbonyl (C=O) groups excluding carboxylic acids is 1. The quantitative estimate of drug-likeness (QED) is 0.647. The van der Waals surface area contributed by atoms with Crippen LogP contribution in [-0.2, 0) is 23.1 Å². The lowest BCUT2D eigenvalue weighted by atomic mass is 10.1. The van der Waals surface area contributed by atoms with Gasteiger partial charge in [0.25, 0.3) is 5.91 Å². The second kappa shape index (κ2) is 9.14. The summed E-state index contributed by atoms with van der Waals surface area (Å²) < 4.78 is 28.4. The van der Waals surface area contributed by atoms with E-state index in [4.69, 9.17) is 0 Å². The van der Waals surface area contributed by atoms with Crippen LogP contribution in [0.3, 0.4) is 0 Å². The maximum Gasteiger partial charge on any atom is 0.254 e. The van der Waals surface area contributed by atoms with Crippen LogP contribution in [0.25, 0.3) is 0 Å². The van der Waals surface area contributed by atoms with Gasteiger partial charge < -0.3 is 9.80 Å². The van der Waals surface area contributed by atoms with Gasteiger partial charge in [-0.1, -0.05) is 54.6 Å². The minimum absolute atomic E-state index is 0.0923. The van der Waals surface area contributed by atoms with Gasteiger partial charge in [-0.05, 0) is 41.8 Å². The zero-order valence-electron chi connectivity index (χ0n) is 18.3. The third kappa shape index (κ3) is 4.69. The number of aryl methyl sites for hydroxylation is 1. The van der Waals surface area contributed by atoms with Crippen LogP contribution in [0.2, 0.25) is 0 Å². The lowest BCUT2D eigenvalue weighted by Crippen LogP contribution is -2.35. The number of hydrogen-bond acceptors (Lipinski definition) is 4. The van der Waals surface area contributed by atoms with Crippen LogP contribution in [0, 0.1) is 6.92 Å². The molecule has 0 saturated carbocycles. The minimum Gasteiger partial charge on any atom is -0.373 e. The zero-order valence-corrected chi connectivity index (χ0v) is 19.1. The van der Waals surface area contributed by atoms with E-state index >= 15 is 0 Å². The molecule has 1 amide bonds. The van der Waals surface area contributed by atoms with Crippen LogP contribution >= 0.6 is 0 Å². The van der Waals surface area contributed by atoms with Crippen molar-refractivity contribution in [3.63, 3.8) is 0 Å². The molecule has 0 bridgehead atoms. The number of rotatable bonds is 5. The lowest BCUT2D eigenvalue weighted by molar-refractivity contribution is 0.0750. The first-order valence-corrected chi connectivity index (χ1v) is 12.1. The fourth-order valence-electron chi connectivity index (χ4n) is 3.89. The Hall–Kier alpha value is -3.16. The first-order valence-electron chi connectivity index (χ1n) is 10.6. The van der Waals surface area contributed by atoms with E-state index in [0.29, 0.717) is 25.2 Å². The number of carbonyl (C=O) groups is 1. The molecule has 166 valence electrons. The average molecular weight is 450 g/mol. The van der Waals surface area contributed by atoms with Crippen LogP contribution in [-0.4, -0.2) is 39.4 Å². The van der Waals surface area contributed by atoms with E-state index in [-0.39, 0.29) is 17.3 Å². The molecule has 3 aromatic rings. The molecule has 1 N–H and O–H groups in total. The Kier molecular flexibility index (Phi) is 6.30. The molecule has 1 aliphatic heterocycles. The van der Waals surface area contributed by atoms with Gasteiger partial charge in [0.1, 0.15) is 0 Å². The van der Waals surface area contributed by atoms with Crippen molar-refractivity contribution in [3.05, 3.63) is 95.1 Å². The van der Waals surface area contributed by atoms with Crippen molar-refractivity contribution in [1.82, 2.24) is 9.62 Å². The predicted molar refractivity (Wildman–Crippen MR) is 126 cm³/mol. The number of nitrogens with zero attached hydrogens (tertiary/aromatic N) is 2. The van der Waals surface area contributed by atoms with Crippen LogP contribution in [0.4, 0.5) is 5.69 Å². The normalized spacial score (nSPS) is 14.1. The van der Waals surface area contributed by atoms with Crippen molar-refractivity contribution in [3.8, 4) is 0 Å². The number of sulfonamides is 1. The Morgan fingerprint density at radius 1 is 0.969 bits per heavy atom. The largest absolute Gasteiger partial charge is 0.373 e. The molecule has 32 heavy (non-hydrogen) atoms. The summed E-state index contributed by atoms with van der Waals surface area (Å²) in [5, 5.41) is 0. The van der Waals surface area contributed by atoms with Gasteiger partial charge in [0.15, 0.2) is 0 Å². The standard InChI is InChI=1S/C25H27N3O3S/c1-19-12-13-22(32(30,31)26-17-20-8-4-3-5-9-20)16-23(19)25(29)28-15-14-27(2)24-11-7-6-10-21(24)18-28/h3-13,16,26H,14-15,17-18H2,1-2H3. The Morgan fingerprint density at radius 2 is 1.69 bits per heavy atom. The highest BCUT2D eigenvalue weighted by Gasteiger charge is 2.25. The summed E-state index contributed by atoms with van der Waals surface area (Å²) in [7, 11) is -1.74. The Bertz CT molecular complexity index is 1230. The summed E-state index contributed by atoms with van der Waals surface area (Å²) >= 11 is 0. The van der Waals surface area contributed by atoms with E-state index in [9.17, 15) is 13.2 Å². The highest BCUT2D eigenvalue weighted by atomic mass is 32.2. The van der Waals surface area contributed by atoms with Gasteiger partial charge in [0.2, 0.25) is 10.0 Å². The van der Waals surface area contributed by atoms with E-state index in [0.717, 1.165) is 22.4 Å². The predicted octanol–water partition coefficient (Wildman–Crippen LogP) is 3.57. The number of nitrogens with one attached hydrogen (secondary N) is 1. The SMILES string of the molecule is Cc1ccc(S(=O)(=O)NCc2ccccc2)cc1C(=O)N1CCN(C)c2ccccc2C1. The van der Waals surface area contributed by atoms with E-state index in [2.05, 4.69) is 15.7 Å². The molecule has 6 nitrogen and oxygen atoms in total. The maximum absolute atomic E-state index is 13.4. The molecule has 0 saturated heterocycles. The molecule has 1 aliphatic rings. The zero-order chi connectivity index (χ0) is 22.7. The second-order valence-electron chi connectivity index (χ2n) is 8.06. The van der Waals surface area contributed by atoms with Crippen LogP contribution in [0.1, 0.15) is 27.0 Å². The van der Waals surface area contributed by atoms with Crippen molar-refractivity contribution >= 4 is 21.6 Å². The van der Waals surface area contributed by atoms with Gasteiger partial charge in [-0.25, -0.2) is 13.1 Å². The highest BCUT2D eigenvalue weighted by molar-refractivity contribution is 7.89. The van der Waals surface area contributed by atoms with Gasteiger partial charge in [0.05, 0.1) is 4.90 Å². The van der Waals surface area contributed by atoms with E-state index in [1.54, 1.807) is 17.0 Å². The van der Waals surface area contributed by atoms with Gasteiger partial charge in [-0.3, -0.25) is 4.79 Å². The molecule has 0 spiro atoms. The highest BCUT2D eigenvalue weighted by Crippen LogP contribution is 2.26. The molecule has 0 radical (unpaired) electrons. The van der Waals surface area contributed by atoms with Crippen molar-refractivity contribution in [2.45, 2.75) is 24.9 Å². The maximum atomic E-state index is 13.4. The summed E-state index contributed by atoms with van der Waals surface area (Å²) in [5.74, 6) is -0.160. The molecule has 7 heteroatoms. The molecule has 0 fully saturated rings. The molecular weight excluding hydrogens is 422 g/mol. The Labute approximate surface area is 189 Å². The van der Waals surface area contributed by atoms with E-state index in [1.165, 1.54) is 6.07 Å². The molecule has 0 aromatic heterocycles. The fourth-order valence-corrected chi connectivity index (χ4v) is 4.94. The third-order valence-electron chi connectivity index (χ3n) is 5.82. The van der Waals surface area contributed by atoms with Crippen LogP contribution in [0.15, 0.2) is 77.7 Å². The number of fused-ring (bicyclic) bond motifs is 1. The van der Waals surface area contributed by atoms with Crippen molar-refractivity contribution in [2.75, 3.05) is 25.0 Å². The Morgan fingerprint density at radius 3 is 2.47 bits per heavy atom. The molecule has 0 atom stereocenters. The second-order valence-corrected chi connectivity index (χ2v) is 9.83. The average Bonchev–Trinajstić information content (AvgIpc) is 2.97. The molecule has 1 heterocycles. The van der Waals surface area contributed by atoms with Crippen molar-refractivity contribution in [1.29, 1.82) is 0 Å². The molecule has 3 aromatic carbocycles. The van der Waals surface area contributed by atoms with E-state index < -0.39 is 10.0 Å². The van der Waals surface area contributed by atoms with Crippen molar-refractivity contribution < 1.29 is 13.2 Å². The fraction of sp³-hybridized carbons (Fsp3) is 0.240. The first kappa shape index (κ1) is 22.0. The molecule has 0 aliphatic carbocycles. The summed E-state index contributed by atoms with van der Waals surface area (Å²) in [6.07, 6.45) is 0. The van der Waals surface area contributed by atoms with Crippen LogP contribution in [0.5, 0.6) is 0 Å². The Balaban J connectivity index is 1.58. The number of likely N-dealkylation sites (N-methyl/N-ethyl adjacent to an activating group) is 1. The van der Waals surface area contributed by atoms with Crippen LogP contribution < -0.4 is 9.62 Å². The third-order valence-corrected chi connectivity index (χ3v) is 7.21. The lowest BCUT2D eigenvalue weighted by Gasteiger charge is -2.22. The summed E-state index contributed by atoms with van der Waals surface area (Å²) in [5.41, 5.74) is 4.22. The van der Waals surface area contributed by atoms with Gasteiger partial charge in [-0.2, -0.15) is 0 Å². The number of hydrogen-bond donors (Lipinski definition) is 1. The first-order chi connectivity index (χ1) is 15.3. The monoisotopic (exact) mass is 449 g/mol. The van der Waals surface area contributed by atoms with E-state index in [1.807, 2.05) is 62.5 Å². The summed E-state index contributed by atoms with van der Waals surface area (Å²) in [6, 6.07) is 22.1. The number of amides is 1. The van der Waals surface area contributed by atoms with Gasteiger partial charge >= 0.3 is 0 Å². The number of para-hydroxylation sites is 1. The molecular formula is C25H27N3O3S. The topological polar surface area (TPSA) is 69.7 Å². The number of benzene rings is 3. The molecule has 0 unspecified atom stereocenters. The molecule has 4 rings (SSSR count). The smallest absolute Gasteiger partial charge is 0.254 e.